The zero-order valence-corrected chi connectivity index (χ0v) is 13.5. The third-order valence-electron chi connectivity index (χ3n) is 3.68. The maximum atomic E-state index is 12.5. The molecule has 0 saturated carbocycles. The molecule has 3 N–H and O–H groups in total. The highest BCUT2D eigenvalue weighted by Crippen LogP contribution is 2.21. The minimum Gasteiger partial charge on any atom is -0.508 e. The van der Waals surface area contributed by atoms with E-state index in [2.05, 4.69) is 10.5 Å². The standard InChI is InChI=1S/C19H17N3O3/c1-13(14-10-15(23)12-16(24)11-14)20-21-19(25)17-6-2-3-7-18(17)22-8-4-5-9-22/h2-12,23-24H,1H3,(H,21,25)/b20-13-. The quantitative estimate of drug-likeness (QED) is 0.506. The lowest BCUT2D eigenvalue weighted by atomic mass is 10.1. The smallest absolute Gasteiger partial charge is 0.273 e. The van der Waals surface area contributed by atoms with Crippen LogP contribution in [0.3, 0.4) is 0 Å². The summed E-state index contributed by atoms with van der Waals surface area (Å²) in [6.45, 7) is 1.67. The summed E-state index contributed by atoms with van der Waals surface area (Å²) in [7, 11) is 0. The molecule has 0 aliphatic rings. The second-order valence-electron chi connectivity index (χ2n) is 5.48. The molecule has 0 unspecified atom stereocenters. The van der Waals surface area contributed by atoms with Crippen molar-refractivity contribution >= 4 is 11.6 Å². The number of phenolic OH excluding ortho intramolecular Hbond substituents is 2. The topological polar surface area (TPSA) is 86.9 Å². The van der Waals surface area contributed by atoms with Gasteiger partial charge in [0.05, 0.1) is 17.0 Å². The van der Waals surface area contributed by atoms with E-state index >= 15 is 0 Å². The van der Waals surface area contributed by atoms with E-state index in [1.807, 2.05) is 41.2 Å². The molecule has 6 nitrogen and oxygen atoms in total. The number of aromatic hydroxyl groups is 2. The van der Waals surface area contributed by atoms with Crippen LogP contribution in [0.5, 0.6) is 11.5 Å². The summed E-state index contributed by atoms with van der Waals surface area (Å²) in [4.78, 5) is 12.5. The van der Waals surface area contributed by atoms with Crippen molar-refractivity contribution in [1.82, 2.24) is 9.99 Å². The molecular weight excluding hydrogens is 318 g/mol. The number of nitrogens with one attached hydrogen (secondary N) is 1. The van der Waals surface area contributed by atoms with Crippen LogP contribution in [-0.4, -0.2) is 26.4 Å². The highest BCUT2D eigenvalue weighted by molar-refractivity contribution is 6.02. The first-order valence-electron chi connectivity index (χ1n) is 7.65. The first kappa shape index (κ1) is 16.3. The zero-order chi connectivity index (χ0) is 17.8. The molecule has 0 spiro atoms. The molecular formula is C19H17N3O3. The molecule has 1 heterocycles. The average molecular weight is 335 g/mol. The number of hydrogen-bond acceptors (Lipinski definition) is 4. The van der Waals surface area contributed by atoms with Crippen molar-refractivity contribution in [3.05, 3.63) is 78.1 Å². The van der Waals surface area contributed by atoms with Crippen molar-refractivity contribution in [2.75, 3.05) is 0 Å². The highest BCUT2D eigenvalue weighted by atomic mass is 16.3. The fourth-order valence-corrected chi connectivity index (χ4v) is 2.45. The minimum absolute atomic E-state index is 0.0752. The predicted molar refractivity (Wildman–Crippen MR) is 95.2 cm³/mol. The summed E-state index contributed by atoms with van der Waals surface area (Å²) in [6, 6.07) is 15.1. The van der Waals surface area contributed by atoms with Gasteiger partial charge in [0.2, 0.25) is 0 Å². The molecule has 1 aromatic heterocycles. The molecule has 0 radical (unpaired) electrons. The van der Waals surface area contributed by atoms with Crippen LogP contribution in [0.2, 0.25) is 0 Å². The number of aromatic nitrogens is 1. The Morgan fingerprint density at radius 2 is 1.64 bits per heavy atom. The molecule has 3 rings (SSSR count). The molecule has 3 aromatic rings. The second kappa shape index (κ2) is 6.92. The van der Waals surface area contributed by atoms with Gasteiger partial charge in [-0.2, -0.15) is 5.10 Å². The summed E-state index contributed by atoms with van der Waals surface area (Å²) < 4.78 is 1.85. The lowest BCUT2D eigenvalue weighted by Crippen LogP contribution is -2.21. The van der Waals surface area contributed by atoms with Crippen molar-refractivity contribution in [3.63, 3.8) is 0 Å². The van der Waals surface area contributed by atoms with Gasteiger partial charge >= 0.3 is 0 Å². The van der Waals surface area contributed by atoms with Crippen molar-refractivity contribution in [2.24, 2.45) is 5.10 Å². The number of hydrazone groups is 1. The van der Waals surface area contributed by atoms with E-state index in [1.165, 1.54) is 18.2 Å². The van der Waals surface area contributed by atoms with Crippen LogP contribution in [0.25, 0.3) is 5.69 Å². The number of amides is 1. The monoisotopic (exact) mass is 335 g/mol. The van der Waals surface area contributed by atoms with Gasteiger partial charge in [0, 0.05) is 24.0 Å². The van der Waals surface area contributed by atoms with Gasteiger partial charge in [-0.05, 0) is 43.3 Å². The summed E-state index contributed by atoms with van der Waals surface area (Å²) >= 11 is 0. The molecule has 126 valence electrons. The molecule has 25 heavy (non-hydrogen) atoms. The van der Waals surface area contributed by atoms with Crippen LogP contribution < -0.4 is 5.43 Å². The Labute approximate surface area is 144 Å². The Morgan fingerprint density at radius 1 is 1.00 bits per heavy atom. The predicted octanol–water partition coefficient (Wildman–Crippen LogP) is 3.04. The second-order valence-corrected chi connectivity index (χ2v) is 5.48. The lowest BCUT2D eigenvalue weighted by molar-refractivity contribution is 0.0955. The van der Waals surface area contributed by atoms with Crippen molar-refractivity contribution in [1.29, 1.82) is 0 Å². The average Bonchev–Trinajstić information content (AvgIpc) is 3.13. The minimum atomic E-state index is -0.354. The van der Waals surface area contributed by atoms with Gasteiger partial charge in [0.1, 0.15) is 11.5 Å². The maximum absolute atomic E-state index is 12.5. The first-order valence-corrected chi connectivity index (χ1v) is 7.65. The van der Waals surface area contributed by atoms with Gasteiger partial charge in [0.25, 0.3) is 5.91 Å². The highest BCUT2D eigenvalue weighted by Gasteiger charge is 2.11. The fraction of sp³-hybridized carbons (Fsp3) is 0.0526. The number of rotatable bonds is 4. The van der Waals surface area contributed by atoms with Crippen LogP contribution in [0.15, 0.2) is 72.1 Å². The Bertz CT molecular complexity index is 911. The fourth-order valence-electron chi connectivity index (χ4n) is 2.45. The summed E-state index contributed by atoms with van der Waals surface area (Å²) in [5.74, 6) is -0.504. The van der Waals surface area contributed by atoms with Crippen LogP contribution in [-0.2, 0) is 0 Å². The van der Waals surface area contributed by atoms with Gasteiger partial charge in [0.15, 0.2) is 0 Å². The number of carbonyl (C=O) groups is 1. The number of carbonyl (C=O) groups excluding carboxylic acids is 1. The van der Waals surface area contributed by atoms with E-state index in [0.29, 0.717) is 16.8 Å². The lowest BCUT2D eigenvalue weighted by Gasteiger charge is -2.09. The molecule has 0 fully saturated rings. The third kappa shape index (κ3) is 3.69. The Hall–Kier alpha value is -3.54. The van der Waals surface area contributed by atoms with E-state index in [0.717, 1.165) is 5.69 Å². The van der Waals surface area contributed by atoms with Gasteiger partial charge in [-0.15, -0.1) is 0 Å². The molecule has 2 aromatic carbocycles. The maximum Gasteiger partial charge on any atom is 0.273 e. The van der Waals surface area contributed by atoms with E-state index in [4.69, 9.17) is 0 Å². The Balaban J connectivity index is 1.83. The van der Waals surface area contributed by atoms with Crippen LogP contribution >= 0.6 is 0 Å². The van der Waals surface area contributed by atoms with E-state index < -0.39 is 0 Å². The van der Waals surface area contributed by atoms with Gasteiger partial charge in [-0.1, -0.05) is 12.1 Å². The van der Waals surface area contributed by atoms with Gasteiger partial charge in [-0.3, -0.25) is 4.79 Å². The van der Waals surface area contributed by atoms with E-state index in [-0.39, 0.29) is 17.4 Å². The summed E-state index contributed by atoms with van der Waals surface area (Å²) in [5.41, 5.74) is 4.70. The summed E-state index contributed by atoms with van der Waals surface area (Å²) in [5, 5.41) is 23.1. The molecule has 0 bridgehead atoms. The van der Waals surface area contributed by atoms with Crippen molar-refractivity contribution in [3.8, 4) is 17.2 Å². The number of benzene rings is 2. The normalized spacial score (nSPS) is 11.3. The third-order valence-corrected chi connectivity index (χ3v) is 3.68. The number of nitrogens with zero attached hydrogens (tertiary/aromatic N) is 2. The number of phenols is 2. The van der Waals surface area contributed by atoms with Crippen LogP contribution in [0.1, 0.15) is 22.8 Å². The van der Waals surface area contributed by atoms with E-state index in [1.54, 1.807) is 19.1 Å². The largest absolute Gasteiger partial charge is 0.508 e. The molecule has 6 heteroatoms. The SMILES string of the molecule is C/C(=N/NC(=O)c1ccccc1-n1cccc1)c1cc(O)cc(O)c1. The molecule has 1 amide bonds. The van der Waals surface area contributed by atoms with Gasteiger partial charge in [-0.25, -0.2) is 5.43 Å². The molecule has 0 aliphatic carbocycles. The van der Waals surface area contributed by atoms with Crippen molar-refractivity contribution in [2.45, 2.75) is 6.92 Å². The Kier molecular flexibility index (Phi) is 4.52. The van der Waals surface area contributed by atoms with E-state index in [9.17, 15) is 15.0 Å². The molecule has 0 atom stereocenters. The zero-order valence-electron chi connectivity index (χ0n) is 13.5. The van der Waals surface area contributed by atoms with Crippen LogP contribution in [0.4, 0.5) is 0 Å². The summed E-state index contributed by atoms with van der Waals surface area (Å²) in [6.07, 6.45) is 3.71. The first-order chi connectivity index (χ1) is 12.0. The number of hydrogen-bond donors (Lipinski definition) is 3. The Morgan fingerprint density at radius 3 is 2.32 bits per heavy atom. The molecule has 0 aliphatic heterocycles. The number of para-hydroxylation sites is 1. The van der Waals surface area contributed by atoms with Crippen molar-refractivity contribution < 1.29 is 15.0 Å². The molecule has 0 saturated heterocycles. The van der Waals surface area contributed by atoms with Crippen LogP contribution in [0, 0.1) is 0 Å². The van der Waals surface area contributed by atoms with Gasteiger partial charge < -0.3 is 14.8 Å².